The minimum atomic E-state index is -0.566. The zero-order valence-electron chi connectivity index (χ0n) is 18.0. The van der Waals surface area contributed by atoms with Gasteiger partial charge in [-0.2, -0.15) is 0 Å². The Bertz CT molecular complexity index is 1250. The van der Waals surface area contributed by atoms with Gasteiger partial charge in [0, 0.05) is 43.0 Å². The number of aromatic nitrogens is 3. The average molecular weight is 447 g/mol. The molecule has 9 heteroatoms. The van der Waals surface area contributed by atoms with Crippen LogP contribution >= 0.6 is 0 Å². The first-order valence-electron chi connectivity index (χ1n) is 10.7. The highest BCUT2D eigenvalue weighted by Gasteiger charge is 2.14. The van der Waals surface area contributed by atoms with Gasteiger partial charge in [0.25, 0.3) is 11.6 Å². The standard InChI is InChI=1S/C24H25N5O4/c25-24(30)22-15-27(17-26-22)14-21(33-16-18-5-2-1-3-6-18)7-4-11-28-12-10-19-8-9-20(29(31)32)13-23(19)28/h1-3,5-6,8-10,12-13,15,17,21H,4,7,11,14,16H2,(H2,25,30). The topological polar surface area (TPSA) is 118 Å². The van der Waals surface area contributed by atoms with Gasteiger partial charge in [-0.15, -0.1) is 0 Å². The maximum Gasteiger partial charge on any atom is 0.271 e. The van der Waals surface area contributed by atoms with Crippen molar-refractivity contribution in [3.63, 3.8) is 0 Å². The molecule has 9 nitrogen and oxygen atoms in total. The molecule has 0 saturated heterocycles. The van der Waals surface area contributed by atoms with Gasteiger partial charge < -0.3 is 19.6 Å². The van der Waals surface area contributed by atoms with Crippen molar-refractivity contribution in [2.75, 3.05) is 0 Å². The van der Waals surface area contributed by atoms with Gasteiger partial charge in [-0.1, -0.05) is 30.3 Å². The van der Waals surface area contributed by atoms with Crippen LogP contribution in [0.4, 0.5) is 5.69 Å². The first kappa shape index (κ1) is 22.2. The highest BCUT2D eigenvalue weighted by Crippen LogP contribution is 2.23. The highest BCUT2D eigenvalue weighted by molar-refractivity contribution is 5.90. The van der Waals surface area contributed by atoms with E-state index in [0.717, 1.165) is 29.3 Å². The molecule has 1 unspecified atom stereocenters. The Morgan fingerprint density at radius 1 is 1.18 bits per heavy atom. The number of benzene rings is 2. The van der Waals surface area contributed by atoms with E-state index in [1.165, 1.54) is 6.07 Å². The van der Waals surface area contributed by atoms with Gasteiger partial charge in [0.2, 0.25) is 0 Å². The molecule has 0 aliphatic carbocycles. The fraction of sp³-hybridized carbons (Fsp3) is 0.250. The lowest BCUT2D eigenvalue weighted by atomic mass is 10.1. The number of hydrogen-bond acceptors (Lipinski definition) is 5. The molecule has 170 valence electrons. The lowest BCUT2D eigenvalue weighted by molar-refractivity contribution is -0.384. The molecule has 4 rings (SSSR count). The Kier molecular flexibility index (Phi) is 6.80. The fourth-order valence-electron chi connectivity index (χ4n) is 3.81. The fourth-order valence-corrected chi connectivity index (χ4v) is 3.81. The normalized spacial score (nSPS) is 12.1. The largest absolute Gasteiger partial charge is 0.372 e. The summed E-state index contributed by atoms with van der Waals surface area (Å²) in [6.45, 7) is 1.71. The minimum Gasteiger partial charge on any atom is -0.372 e. The number of primary amides is 1. The molecule has 1 amide bonds. The third-order valence-electron chi connectivity index (χ3n) is 5.52. The van der Waals surface area contributed by atoms with E-state index in [0.29, 0.717) is 19.7 Å². The molecule has 2 aromatic carbocycles. The summed E-state index contributed by atoms with van der Waals surface area (Å²) >= 11 is 0. The van der Waals surface area contributed by atoms with Gasteiger partial charge in [-0.25, -0.2) is 4.98 Å². The molecule has 0 radical (unpaired) electrons. The van der Waals surface area contributed by atoms with Gasteiger partial charge >= 0.3 is 0 Å². The maximum atomic E-state index is 11.4. The Balaban J connectivity index is 1.42. The molecule has 0 aliphatic rings. The average Bonchev–Trinajstić information content (AvgIpc) is 3.45. The number of nitro benzene ring substituents is 1. The van der Waals surface area contributed by atoms with Crippen LogP contribution in [0.1, 0.15) is 28.9 Å². The van der Waals surface area contributed by atoms with E-state index in [2.05, 4.69) is 4.98 Å². The number of fused-ring (bicyclic) bond motifs is 1. The van der Waals surface area contributed by atoms with Crippen LogP contribution in [0.2, 0.25) is 0 Å². The van der Waals surface area contributed by atoms with Gasteiger partial charge in [0.05, 0.1) is 29.5 Å². The number of hydrogen-bond donors (Lipinski definition) is 1. The van der Waals surface area contributed by atoms with E-state index in [1.807, 2.05) is 51.7 Å². The van der Waals surface area contributed by atoms with Crippen molar-refractivity contribution < 1.29 is 14.5 Å². The quantitative estimate of drug-likeness (QED) is 0.276. The summed E-state index contributed by atoms with van der Waals surface area (Å²) < 4.78 is 10.0. The minimum absolute atomic E-state index is 0.0804. The van der Waals surface area contributed by atoms with Crippen molar-refractivity contribution in [3.05, 3.63) is 94.7 Å². The molecule has 2 N–H and O–H groups in total. The number of aryl methyl sites for hydroxylation is 1. The van der Waals surface area contributed by atoms with Gasteiger partial charge in [0.15, 0.2) is 0 Å². The van der Waals surface area contributed by atoms with Gasteiger partial charge in [0.1, 0.15) is 5.69 Å². The summed E-state index contributed by atoms with van der Waals surface area (Å²) in [5.74, 6) is -0.566. The lowest BCUT2D eigenvalue weighted by Crippen LogP contribution is -2.20. The summed E-state index contributed by atoms with van der Waals surface area (Å²) in [6.07, 6.45) is 6.60. The third kappa shape index (κ3) is 5.64. The van der Waals surface area contributed by atoms with E-state index in [-0.39, 0.29) is 22.4 Å². The Hall–Kier alpha value is -3.98. The summed E-state index contributed by atoms with van der Waals surface area (Å²) in [5, 5.41) is 12.1. The summed E-state index contributed by atoms with van der Waals surface area (Å²) in [6, 6.07) is 16.8. The van der Waals surface area contributed by atoms with Crippen LogP contribution in [-0.2, 0) is 24.4 Å². The van der Waals surface area contributed by atoms with Crippen molar-refractivity contribution in [2.24, 2.45) is 5.73 Å². The van der Waals surface area contributed by atoms with E-state index < -0.39 is 5.91 Å². The number of amides is 1. The van der Waals surface area contributed by atoms with Crippen LogP contribution < -0.4 is 5.73 Å². The molecular formula is C24H25N5O4. The van der Waals surface area contributed by atoms with Crippen LogP contribution in [0.3, 0.4) is 0 Å². The van der Waals surface area contributed by atoms with Crippen LogP contribution in [0.25, 0.3) is 10.9 Å². The smallest absolute Gasteiger partial charge is 0.271 e. The molecule has 33 heavy (non-hydrogen) atoms. The number of ether oxygens (including phenoxy) is 1. The molecule has 0 aliphatic heterocycles. The van der Waals surface area contributed by atoms with Crippen LogP contribution in [-0.4, -0.2) is 31.1 Å². The molecule has 0 fully saturated rings. The summed E-state index contributed by atoms with van der Waals surface area (Å²) in [4.78, 5) is 26.1. The van der Waals surface area contributed by atoms with Crippen LogP contribution in [0, 0.1) is 10.1 Å². The molecule has 2 heterocycles. The molecular weight excluding hydrogens is 422 g/mol. The van der Waals surface area contributed by atoms with E-state index in [1.54, 1.807) is 24.7 Å². The Morgan fingerprint density at radius 2 is 2.00 bits per heavy atom. The third-order valence-corrected chi connectivity index (χ3v) is 5.52. The van der Waals surface area contributed by atoms with E-state index >= 15 is 0 Å². The number of carbonyl (C=O) groups excluding carboxylic acids is 1. The molecule has 0 bridgehead atoms. The molecule has 0 spiro atoms. The van der Waals surface area contributed by atoms with E-state index in [4.69, 9.17) is 10.5 Å². The molecule has 2 aromatic heterocycles. The summed E-state index contributed by atoms with van der Waals surface area (Å²) in [7, 11) is 0. The second-order valence-corrected chi connectivity index (χ2v) is 7.89. The molecule has 4 aromatic rings. The first-order chi connectivity index (χ1) is 16.0. The van der Waals surface area contributed by atoms with Crippen molar-refractivity contribution in [3.8, 4) is 0 Å². The van der Waals surface area contributed by atoms with Crippen molar-refractivity contribution in [1.82, 2.24) is 14.1 Å². The summed E-state index contributed by atoms with van der Waals surface area (Å²) in [5.41, 5.74) is 7.53. The Labute approximate surface area is 190 Å². The van der Waals surface area contributed by atoms with Crippen molar-refractivity contribution >= 4 is 22.5 Å². The van der Waals surface area contributed by atoms with Crippen molar-refractivity contribution in [1.29, 1.82) is 0 Å². The molecule has 0 saturated carbocycles. The SMILES string of the molecule is NC(=O)c1cn(CC(CCCn2ccc3ccc([N+](=O)[O-])cc32)OCc2ccccc2)cn1. The second kappa shape index (κ2) is 10.1. The maximum absolute atomic E-state index is 11.4. The monoisotopic (exact) mass is 447 g/mol. The van der Waals surface area contributed by atoms with Crippen LogP contribution in [0.5, 0.6) is 0 Å². The Morgan fingerprint density at radius 3 is 2.73 bits per heavy atom. The predicted molar refractivity (Wildman–Crippen MR) is 124 cm³/mol. The highest BCUT2D eigenvalue weighted by atomic mass is 16.6. The zero-order chi connectivity index (χ0) is 23.2. The number of nitro groups is 1. The molecule has 1 atom stereocenters. The number of imidazole rings is 1. The first-order valence-corrected chi connectivity index (χ1v) is 10.7. The lowest BCUT2D eigenvalue weighted by Gasteiger charge is -2.19. The van der Waals surface area contributed by atoms with Crippen LogP contribution in [0.15, 0.2) is 73.3 Å². The zero-order valence-corrected chi connectivity index (χ0v) is 18.0. The second-order valence-electron chi connectivity index (χ2n) is 7.89. The van der Waals surface area contributed by atoms with Gasteiger partial charge in [-0.3, -0.25) is 14.9 Å². The number of carbonyl (C=O) groups is 1. The van der Waals surface area contributed by atoms with E-state index in [9.17, 15) is 14.9 Å². The van der Waals surface area contributed by atoms with Gasteiger partial charge in [-0.05, 0) is 30.5 Å². The van der Waals surface area contributed by atoms with Crippen molar-refractivity contribution in [2.45, 2.75) is 38.6 Å². The number of rotatable bonds is 11. The number of nitrogens with two attached hydrogens (primary N) is 1. The number of non-ortho nitro benzene ring substituents is 1. The number of nitrogens with zero attached hydrogens (tertiary/aromatic N) is 4. The predicted octanol–water partition coefficient (Wildman–Crippen LogP) is 3.91.